The van der Waals surface area contributed by atoms with Crippen LogP contribution in [-0.2, 0) is 25.7 Å². The monoisotopic (exact) mass is 980 g/mol. The number of hydrogen-bond donors (Lipinski definition) is 3. The van der Waals surface area contributed by atoms with Gasteiger partial charge in [-0.3, -0.25) is 38.7 Å². The molecule has 2 fully saturated rings. The summed E-state index contributed by atoms with van der Waals surface area (Å²) in [4.78, 5) is 109. The first kappa shape index (κ1) is 49.2. The van der Waals surface area contributed by atoms with E-state index in [9.17, 15) is 42.3 Å². The zero-order chi connectivity index (χ0) is 49.8. The second-order valence-corrected chi connectivity index (χ2v) is 16.3. The molecular formula is C50H46F2N12O8. The first-order valence-corrected chi connectivity index (χ1v) is 22.2. The maximum Gasteiger partial charge on any atom is 0.327 e. The smallest absolute Gasteiger partial charge is 0.327 e. The Morgan fingerprint density at radius 1 is 0.597 bits per heavy atom. The number of aromatic amines is 3. The number of rotatable bonds is 10. The Labute approximate surface area is 408 Å². The number of piperazine rings is 2. The molecule has 0 radical (unpaired) electrons. The Balaban J connectivity index is 0.000000192. The highest BCUT2D eigenvalue weighted by Crippen LogP contribution is 2.32. The molecule has 3 N–H and O–H groups in total. The highest BCUT2D eigenvalue weighted by Gasteiger charge is 2.33. The van der Waals surface area contributed by atoms with Crippen LogP contribution in [0.5, 0.6) is 0 Å². The summed E-state index contributed by atoms with van der Waals surface area (Å²) in [5, 5.41) is 10.7. The van der Waals surface area contributed by atoms with Gasteiger partial charge in [0.2, 0.25) is 0 Å². The molecule has 0 unspecified atom stereocenters. The fourth-order valence-corrected chi connectivity index (χ4v) is 8.45. The molecule has 0 atom stereocenters. The van der Waals surface area contributed by atoms with Crippen LogP contribution in [0, 0.1) is 11.6 Å². The van der Waals surface area contributed by atoms with E-state index in [-0.39, 0.29) is 98.3 Å². The molecule has 4 aromatic carbocycles. The summed E-state index contributed by atoms with van der Waals surface area (Å²) in [7, 11) is 1.26. The van der Waals surface area contributed by atoms with Crippen LogP contribution in [0.3, 0.4) is 0 Å². The summed E-state index contributed by atoms with van der Waals surface area (Å²) in [5.74, 6) is -4.64. The van der Waals surface area contributed by atoms with E-state index in [1.54, 1.807) is 58.3 Å². The van der Waals surface area contributed by atoms with Gasteiger partial charge in [0.1, 0.15) is 30.8 Å². The van der Waals surface area contributed by atoms with E-state index in [0.29, 0.717) is 46.7 Å². The molecule has 2 saturated heterocycles. The SMILES string of the molecule is C.COC(=O)Cn1cnc(-c2ccc(F)c3c(C(=O)C(=O)N4CCN(C(=O)c5ccccc5)CC4)c[nH]c23)n1.O=C(C(=O)N1CCN(C(=O)c2ccccc2)CC1)c1c[nH]c2c(-c3ncn[nH]3)ccc(F)c12. The Morgan fingerprint density at radius 3 is 1.51 bits per heavy atom. The third kappa shape index (κ3) is 9.82. The van der Waals surface area contributed by atoms with Crippen molar-refractivity contribution in [1.29, 1.82) is 0 Å². The summed E-state index contributed by atoms with van der Waals surface area (Å²) < 4.78 is 35.5. The van der Waals surface area contributed by atoms with Gasteiger partial charge in [0.05, 0.1) is 29.3 Å². The first-order valence-electron chi connectivity index (χ1n) is 22.2. The number of carbonyl (C=O) groups excluding carboxylic acids is 7. The summed E-state index contributed by atoms with van der Waals surface area (Å²) in [6.45, 7) is 1.82. The number of methoxy groups -OCH3 is 1. The van der Waals surface area contributed by atoms with Gasteiger partial charge in [0, 0.05) is 97.8 Å². The molecule has 22 heteroatoms. The van der Waals surface area contributed by atoms with Crippen LogP contribution >= 0.6 is 0 Å². The van der Waals surface area contributed by atoms with Crippen LogP contribution in [-0.4, -0.2) is 160 Å². The predicted octanol–water partition coefficient (Wildman–Crippen LogP) is 4.80. The summed E-state index contributed by atoms with van der Waals surface area (Å²) >= 11 is 0. The maximum absolute atomic E-state index is 14.9. The molecule has 0 spiro atoms. The maximum atomic E-state index is 14.9. The fourth-order valence-electron chi connectivity index (χ4n) is 8.45. The van der Waals surface area contributed by atoms with Crippen molar-refractivity contribution in [1.82, 2.24) is 59.5 Å². The lowest BCUT2D eigenvalue weighted by atomic mass is 10.0. The average molecular weight is 981 g/mol. The van der Waals surface area contributed by atoms with Crippen LogP contribution in [0.25, 0.3) is 44.6 Å². The Kier molecular flexibility index (Phi) is 14.5. The third-order valence-electron chi connectivity index (χ3n) is 12.2. The van der Waals surface area contributed by atoms with Gasteiger partial charge in [-0.25, -0.2) is 23.4 Å². The van der Waals surface area contributed by atoms with Crippen molar-refractivity contribution in [3.63, 3.8) is 0 Å². The Bertz CT molecular complexity index is 3320. The molecule has 10 rings (SSSR count). The number of nitrogens with one attached hydrogen (secondary N) is 3. The number of esters is 1. The number of ketones is 2. The van der Waals surface area contributed by atoms with E-state index in [4.69, 9.17) is 0 Å². The fraction of sp³-hybridized carbons (Fsp3) is 0.220. The lowest BCUT2D eigenvalue weighted by Crippen LogP contribution is -2.52. The van der Waals surface area contributed by atoms with E-state index in [1.807, 2.05) is 12.1 Å². The second kappa shape index (κ2) is 21.2. The van der Waals surface area contributed by atoms with Crippen LogP contribution in [0.15, 0.2) is 110 Å². The standard InChI is InChI=1S/C26H23FN6O5.C23H19FN6O3.CH4/c1-38-20(34)14-33-15-29-24(30-33)17-7-8-19(27)21-18(13-28-22(17)21)23(35)26(37)32-11-9-31(10-12-32)25(36)16-5-3-2-4-6-16;24-17-7-6-15(21-26-13-27-28-21)19-18(17)16(12-25-19)20(31)23(33)30-10-8-29(9-11-30)22(32)14-4-2-1-3-5-14;/h2-8,13,15,28H,9-12,14H2,1H3;1-7,12-13,25H,8-11H2,(H,26,27,28);1H4. The molecule has 72 heavy (non-hydrogen) atoms. The summed E-state index contributed by atoms with van der Waals surface area (Å²) in [6, 6.07) is 23.1. The molecule has 2 aliphatic heterocycles. The zero-order valence-electron chi connectivity index (χ0n) is 37.8. The minimum Gasteiger partial charge on any atom is -0.468 e. The van der Waals surface area contributed by atoms with Crippen LogP contribution in [0.1, 0.15) is 48.9 Å². The highest BCUT2D eigenvalue weighted by atomic mass is 19.1. The van der Waals surface area contributed by atoms with E-state index >= 15 is 0 Å². The summed E-state index contributed by atoms with van der Waals surface area (Å²) in [6.07, 6.45) is 5.29. The quantitative estimate of drug-likeness (QED) is 0.0951. The van der Waals surface area contributed by atoms with Crippen molar-refractivity contribution < 1.29 is 47.1 Å². The molecule has 8 aromatic rings. The Morgan fingerprint density at radius 2 is 1.06 bits per heavy atom. The molecule has 6 heterocycles. The van der Waals surface area contributed by atoms with Gasteiger partial charge in [-0.1, -0.05) is 43.8 Å². The van der Waals surface area contributed by atoms with Crippen molar-refractivity contribution in [2.75, 3.05) is 59.5 Å². The van der Waals surface area contributed by atoms with E-state index in [2.05, 4.69) is 40.0 Å². The molecule has 20 nitrogen and oxygen atoms in total. The molecule has 4 amide bonds. The number of hydrogen-bond acceptors (Lipinski definition) is 12. The van der Waals surface area contributed by atoms with Crippen LogP contribution in [0.4, 0.5) is 8.78 Å². The van der Waals surface area contributed by atoms with Gasteiger partial charge in [-0.2, -0.15) is 10.2 Å². The number of Topliss-reactive ketones (excluding diaryl/α,β-unsaturated/α-hetero) is 2. The predicted molar refractivity (Wildman–Crippen MR) is 256 cm³/mol. The van der Waals surface area contributed by atoms with Gasteiger partial charge >= 0.3 is 5.97 Å². The largest absolute Gasteiger partial charge is 0.468 e. The average Bonchev–Trinajstić information content (AvgIpc) is 4.27. The van der Waals surface area contributed by atoms with Crippen molar-refractivity contribution in [3.05, 3.63) is 144 Å². The number of ether oxygens (including phenoxy) is 1. The third-order valence-corrected chi connectivity index (χ3v) is 12.2. The first-order chi connectivity index (χ1) is 34.4. The van der Waals surface area contributed by atoms with Crippen molar-refractivity contribution in [3.8, 4) is 22.8 Å². The van der Waals surface area contributed by atoms with Crippen LogP contribution in [0.2, 0.25) is 0 Å². The molecule has 2 aliphatic rings. The number of amides is 4. The lowest BCUT2D eigenvalue weighted by molar-refractivity contribution is -0.141. The highest BCUT2D eigenvalue weighted by molar-refractivity contribution is 6.45. The lowest BCUT2D eigenvalue weighted by Gasteiger charge is -2.34. The molecule has 0 bridgehead atoms. The van der Waals surface area contributed by atoms with Gasteiger partial charge in [-0.15, -0.1) is 0 Å². The van der Waals surface area contributed by atoms with Crippen molar-refractivity contribution in [2.45, 2.75) is 14.0 Å². The van der Waals surface area contributed by atoms with Crippen LogP contribution < -0.4 is 0 Å². The second-order valence-electron chi connectivity index (χ2n) is 16.3. The number of aromatic nitrogens is 8. The number of carbonyl (C=O) groups is 7. The number of halogens is 2. The molecule has 368 valence electrons. The summed E-state index contributed by atoms with van der Waals surface area (Å²) in [5.41, 5.74) is 2.49. The Hall–Kier alpha value is -9.21. The minimum absolute atomic E-state index is 0. The number of fused-ring (bicyclic) bond motifs is 2. The topological polar surface area (TPSA) is 246 Å². The van der Waals surface area contributed by atoms with E-state index in [1.165, 1.54) is 70.9 Å². The van der Waals surface area contributed by atoms with E-state index in [0.717, 1.165) is 0 Å². The normalized spacial score (nSPS) is 13.5. The zero-order valence-corrected chi connectivity index (χ0v) is 37.8. The molecule has 0 saturated carbocycles. The number of benzene rings is 4. The number of H-pyrrole nitrogens is 3. The van der Waals surface area contributed by atoms with E-state index < -0.39 is 41.0 Å². The van der Waals surface area contributed by atoms with Gasteiger partial charge in [0.15, 0.2) is 11.6 Å². The van der Waals surface area contributed by atoms with Crippen molar-refractivity contribution in [2.24, 2.45) is 0 Å². The van der Waals surface area contributed by atoms with Crippen molar-refractivity contribution >= 4 is 63.0 Å². The molecule has 4 aromatic heterocycles. The molecular weight excluding hydrogens is 935 g/mol. The number of nitrogens with zero attached hydrogens (tertiary/aromatic N) is 9. The van der Waals surface area contributed by atoms with Gasteiger partial charge in [-0.05, 0) is 48.5 Å². The minimum atomic E-state index is -0.862. The van der Waals surface area contributed by atoms with Gasteiger partial charge < -0.3 is 34.3 Å². The van der Waals surface area contributed by atoms with Gasteiger partial charge in [0.25, 0.3) is 35.2 Å². The molecule has 0 aliphatic carbocycles.